The Hall–Kier alpha value is -2.20. The summed E-state index contributed by atoms with van der Waals surface area (Å²) in [6, 6.07) is 22.4. The molecule has 0 amide bonds. The van der Waals surface area contributed by atoms with E-state index in [4.69, 9.17) is 32.7 Å². The molecule has 0 saturated carbocycles. The van der Waals surface area contributed by atoms with Gasteiger partial charge < -0.3 is 14.8 Å². The van der Waals surface area contributed by atoms with E-state index in [9.17, 15) is 0 Å². The topological polar surface area (TPSA) is 30.5 Å². The first kappa shape index (κ1) is 22.5. The summed E-state index contributed by atoms with van der Waals surface area (Å²) in [5.74, 6) is 1.46. The molecule has 0 radical (unpaired) electrons. The summed E-state index contributed by atoms with van der Waals surface area (Å²) in [7, 11) is 1.65. The lowest BCUT2D eigenvalue weighted by molar-refractivity contribution is 0.280. The normalized spacial score (nSPS) is 11.9. The number of rotatable bonds is 10. The van der Waals surface area contributed by atoms with Gasteiger partial charge in [-0.3, -0.25) is 0 Å². The van der Waals surface area contributed by atoms with E-state index in [0.717, 1.165) is 29.7 Å². The smallest absolute Gasteiger partial charge is 0.166 e. The molecule has 5 heteroatoms. The minimum atomic E-state index is 0.374. The Bertz CT molecular complexity index is 947. The van der Waals surface area contributed by atoms with Crippen molar-refractivity contribution in [2.24, 2.45) is 0 Å². The molecule has 0 heterocycles. The summed E-state index contributed by atoms with van der Waals surface area (Å²) in [5.41, 5.74) is 3.37. The van der Waals surface area contributed by atoms with Crippen molar-refractivity contribution in [1.29, 1.82) is 0 Å². The van der Waals surface area contributed by atoms with Gasteiger partial charge in [-0.1, -0.05) is 71.7 Å². The van der Waals surface area contributed by atoms with Crippen LogP contribution in [0.5, 0.6) is 11.5 Å². The van der Waals surface area contributed by atoms with Crippen molar-refractivity contribution < 1.29 is 9.47 Å². The Labute approximate surface area is 188 Å². The van der Waals surface area contributed by atoms with Gasteiger partial charge >= 0.3 is 0 Å². The molecule has 3 aromatic carbocycles. The first-order valence-electron chi connectivity index (χ1n) is 10.1. The van der Waals surface area contributed by atoms with E-state index in [1.807, 2.05) is 30.3 Å². The number of ether oxygens (including phenoxy) is 2. The van der Waals surface area contributed by atoms with Crippen LogP contribution in [0, 0.1) is 0 Å². The molecule has 1 N–H and O–H groups in total. The predicted octanol–water partition coefficient (Wildman–Crippen LogP) is 6.69. The number of nitrogens with one attached hydrogen (secondary N) is 1. The highest BCUT2D eigenvalue weighted by molar-refractivity contribution is 6.42. The summed E-state index contributed by atoms with van der Waals surface area (Å²) in [4.78, 5) is 0. The molecule has 0 bridgehead atoms. The standard InChI is InChI=1S/C25H27Cl2NO2/c1-18(11-12-19-7-4-3-5-8-19)28-16-21-9-6-10-24(29-2)25(21)30-17-20-13-14-22(26)23(27)15-20/h3-10,13-15,18,28H,11-12,16-17H2,1-2H3. The summed E-state index contributed by atoms with van der Waals surface area (Å²) < 4.78 is 11.7. The van der Waals surface area contributed by atoms with Crippen molar-refractivity contribution in [3.05, 3.63) is 93.5 Å². The molecule has 0 fully saturated rings. The first-order valence-corrected chi connectivity index (χ1v) is 10.8. The highest BCUT2D eigenvalue weighted by atomic mass is 35.5. The fourth-order valence-corrected chi connectivity index (χ4v) is 3.54. The molecule has 3 aromatic rings. The fraction of sp³-hybridized carbons (Fsp3) is 0.280. The Kier molecular flexibility index (Phi) is 8.44. The van der Waals surface area contributed by atoms with Gasteiger partial charge in [0.25, 0.3) is 0 Å². The molecule has 3 rings (SSSR count). The number of hydrogen-bond donors (Lipinski definition) is 1. The maximum atomic E-state index is 6.13. The summed E-state index contributed by atoms with van der Waals surface area (Å²) >= 11 is 12.1. The monoisotopic (exact) mass is 443 g/mol. The summed E-state index contributed by atoms with van der Waals surface area (Å²) in [6.45, 7) is 3.29. The van der Waals surface area contributed by atoms with Gasteiger partial charge in [-0.2, -0.15) is 0 Å². The van der Waals surface area contributed by atoms with Crippen LogP contribution in [-0.2, 0) is 19.6 Å². The van der Waals surface area contributed by atoms with Crippen LogP contribution in [-0.4, -0.2) is 13.2 Å². The Morgan fingerprint density at radius 1 is 0.900 bits per heavy atom. The average Bonchev–Trinajstić information content (AvgIpc) is 2.77. The summed E-state index contributed by atoms with van der Waals surface area (Å²) in [6.07, 6.45) is 2.11. The second-order valence-electron chi connectivity index (χ2n) is 7.29. The van der Waals surface area contributed by atoms with Gasteiger partial charge in [0.15, 0.2) is 11.5 Å². The van der Waals surface area contributed by atoms with Crippen molar-refractivity contribution >= 4 is 23.2 Å². The van der Waals surface area contributed by atoms with Crippen molar-refractivity contribution in [3.63, 3.8) is 0 Å². The van der Waals surface area contributed by atoms with Gasteiger partial charge in [-0.25, -0.2) is 0 Å². The van der Waals surface area contributed by atoms with Gasteiger partial charge in [0.2, 0.25) is 0 Å². The molecular weight excluding hydrogens is 417 g/mol. The van der Waals surface area contributed by atoms with Crippen LogP contribution in [0.2, 0.25) is 10.0 Å². The minimum Gasteiger partial charge on any atom is -0.493 e. The average molecular weight is 444 g/mol. The SMILES string of the molecule is COc1cccc(CNC(C)CCc2ccccc2)c1OCc1ccc(Cl)c(Cl)c1. The van der Waals surface area contributed by atoms with Crippen molar-refractivity contribution in [2.75, 3.05) is 7.11 Å². The third kappa shape index (κ3) is 6.40. The number of methoxy groups -OCH3 is 1. The zero-order valence-electron chi connectivity index (χ0n) is 17.3. The summed E-state index contributed by atoms with van der Waals surface area (Å²) in [5, 5.41) is 4.66. The van der Waals surface area contributed by atoms with Crippen molar-refractivity contribution in [1.82, 2.24) is 5.32 Å². The van der Waals surface area contributed by atoms with Crippen LogP contribution in [0.3, 0.4) is 0 Å². The minimum absolute atomic E-state index is 0.374. The predicted molar refractivity (Wildman–Crippen MR) is 125 cm³/mol. The lowest BCUT2D eigenvalue weighted by Crippen LogP contribution is -2.26. The first-order chi connectivity index (χ1) is 14.6. The molecule has 0 aromatic heterocycles. The molecule has 3 nitrogen and oxygen atoms in total. The number of para-hydroxylation sites is 1. The molecule has 0 aliphatic heterocycles. The maximum Gasteiger partial charge on any atom is 0.166 e. The molecule has 0 spiro atoms. The van der Waals surface area contributed by atoms with E-state index in [-0.39, 0.29) is 0 Å². The maximum absolute atomic E-state index is 6.13. The van der Waals surface area contributed by atoms with Crippen LogP contribution in [0.25, 0.3) is 0 Å². The van der Waals surface area contributed by atoms with E-state index in [0.29, 0.717) is 35.0 Å². The molecule has 0 saturated heterocycles. The van der Waals surface area contributed by atoms with Gasteiger partial charge in [0.1, 0.15) is 6.61 Å². The molecule has 0 aliphatic rings. The Morgan fingerprint density at radius 3 is 2.43 bits per heavy atom. The number of benzene rings is 3. The lowest BCUT2D eigenvalue weighted by atomic mass is 10.1. The largest absolute Gasteiger partial charge is 0.493 e. The van der Waals surface area contributed by atoms with E-state index in [2.05, 4.69) is 42.6 Å². The Balaban J connectivity index is 1.62. The van der Waals surface area contributed by atoms with E-state index in [1.165, 1.54) is 5.56 Å². The molecule has 158 valence electrons. The van der Waals surface area contributed by atoms with Gasteiger partial charge in [0, 0.05) is 18.2 Å². The third-order valence-corrected chi connectivity index (χ3v) is 5.74. The van der Waals surface area contributed by atoms with Crippen LogP contribution in [0.15, 0.2) is 66.7 Å². The van der Waals surface area contributed by atoms with E-state index < -0.39 is 0 Å². The molecule has 1 unspecified atom stereocenters. The van der Waals surface area contributed by atoms with Gasteiger partial charge in [-0.15, -0.1) is 0 Å². The molecular formula is C25H27Cl2NO2. The number of aryl methyl sites for hydroxylation is 1. The van der Waals surface area contributed by atoms with Crippen LogP contribution >= 0.6 is 23.2 Å². The number of halogens is 2. The van der Waals surface area contributed by atoms with Crippen LogP contribution < -0.4 is 14.8 Å². The highest BCUT2D eigenvalue weighted by Gasteiger charge is 2.13. The van der Waals surface area contributed by atoms with Crippen molar-refractivity contribution in [3.8, 4) is 11.5 Å². The third-order valence-electron chi connectivity index (χ3n) is 5.00. The second kappa shape index (κ2) is 11.3. The van der Waals surface area contributed by atoms with E-state index in [1.54, 1.807) is 13.2 Å². The van der Waals surface area contributed by atoms with Crippen LogP contribution in [0.4, 0.5) is 0 Å². The lowest BCUT2D eigenvalue weighted by Gasteiger charge is -2.18. The van der Waals surface area contributed by atoms with Crippen LogP contribution in [0.1, 0.15) is 30.0 Å². The van der Waals surface area contributed by atoms with Crippen molar-refractivity contribution in [2.45, 2.75) is 39.0 Å². The second-order valence-corrected chi connectivity index (χ2v) is 8.11. The number of hydrogen-bond acceptors (Lipinski definition) is 3. The molecule has 1 atom stereocenters. The quantitative estimate of drug-likeness (QED) is 0.378. The van der Waals surface area contributed by atoms with Gasteiger partial charge in [0.05, 0.1) is 17.2 Å². The zero-order chi connectivity index (χ0) is 21.3. The fourth-order valence-electron chi connectivity index (χ4n) is 3.22. The van der Waals surface area contributed by atoms with Gasteiger partial charge in [-0.05, 0) is 49.1 Å². The Morgan fingerprint density at radius 2 is 1.70 bits per heavy atom. The zero-order valence-corrected chi connectivity index (χ0v) is 18.8. The molecule has 0 aliphatic carbocycles. The van der Waals surface area contributed by atoms with E-state index >= 15 is 0 Å². The highest BCUT2D eigenvalue weighted by Crippen LogP contribution is 2.32. The molecule has 30 heavy (non-hydrogen) atoms.